The predicted molar refractivity (Wildman–Crippen MR) is 127 cm³/mol. The summed E-state index contributed by atoms with van der Waals surface area (Å²) in [5, 5.41) is 20.3. The Hall–Kier alpha value is -1.12. The van der Waals surface area contributed by atoms with Crippen molar-refractivity contribution < 1.29 is 10.2 Å². The molecule has 3 rings (SSSR count). The van der Waals surface area contributed by atoms with Crippen LogP contribution in [0.4, 0.5) is 0 Å². The lowest BCUT2D eigenvalue weighted by Crippen LogP contribution is -2.36. The Balaban J connectivity index is 1.70. The highest BCUT2D eigenvalue weighted by atomic mass is 16.3. The van der Waals surface area contributed by atoms with Crippen LogP contribution in [-0.2, 0) is 0 Å². The number of aliphatic hydroxyl groups excluding tert-OH is 1. The highest BCUT2D eigenvalue weighted by Gasteiger charge is 2.50. The zero-order valence-electron chi connectivity index (χ0n) is 19.8. The SMILES string of the molecule is C=C1CCC(=CC=C2CCC[C@]3(C)[C@@H]([C@H](C)CCCC(C)(C)O)CC[C@@H]23)C(=C)[C@H]1O. The summed E-state index contributed by atoms with van der Waals surface area (Å²) in [5.41, 5.74) is 4.42. The minimum Gasteiger partial charge on any atom is -0.390 e. The molecule has 0 aromatic rings. The monoisotopic (exact) mass is 412 g/mol. The van der Waals surface area contributed by atoms with Crippen LogP contribution >= 0.6 is 0 Å². The lowest BCUT2D eigenvalue weighted by atomic mass is 9.60. The molecule has 0 spiro atoms. The van der Waals surface area contributed by atoms with Crippen LogP contribution in [0.15, 0.2) is 47.6 Å². The molecule has 0 bridgehead atoms. The summed E-state index contributed by atoms with van der Waals surface area (Å²) in [4.78, 5) is 0. The number of hydrogen-bond acceptors (Lipinski definition) is 2. The van der Waals surface area contributed by atoms with Gasteiger partial charge in [-0.15, -0.1) is 0 Å². The lowest BCUT2D eigenvalue weighted by Gasteiger charge is -2.44. The van der Waals surface area contributed by atoms with Gasteiger partial charge in [0.1, 0.15) is 0 Å². The van der Waals surface area contributed by atoms with E-state index in [0.29, 0.717) is 11.3 Å². The largest absolute Gasteiger partial charge is 0.390 e. The second kappa shape index (κ2) is 9.17. The normalized spacial score (nSPS) is 36.4. The first kappa shape index (κ1) is 23.5. The van der Waals surface area contributed by atoms with Gasteiger partial charge in [0.25, 0.3) is 0 Å². The summed E-state index contributed by atoms with van der Waals surface area (Å²) >= 11 is 0. The van der Waals surface area contributed by atoms with E-state index in [9.17, 15) is 10.2 Å². The zero-order chi connectivity index (χ0) is 22.1. The molecule has 3 saturated carbocycles. The van der Waals surface area contributed by atoms with E-state index in [1.807, 2.05) is 13.8 Å². The first-order valence-corrected chi connectivity index (χ1v) is 12.2. The van der Waals surface area contributed by atoms with Gasteiger partial charge in [-0.3, -0.25) is 0 Å². The van der Waals surface area contributed by atoms with E-state index in [1.165, 1.54) is 44.1 Å². The molecule has 3 aliphatic carbocycles. The first-order valence-electron chi connectivity index (χ1n) is 12.2. The second-order valence-electron chi connectivity index (χ2n) is 11.3. The molecule has 0 unspecified atom stereocenters. The predicted octanol–water partition coefficient (Wildman–Crippen LogP) is 6.90. The van der Waals surface area contributed by atoms with Crippen molar-refractivity contribution in [2.24, 2.45) is 23.2 Å². The van der Waals surface area contributed by atoms with E-state index >= 15 is 0 Å². The van der Waals surface area contributed by atoms with E-state index in [4.69, 9.17) is 0 Å². The van der Waals surface area contributed by atoms with Gasteiger partial charge in [0, 0.05) is 0 Å². The molecule has 0 radical (unpaired) electrons. The zero-order valence-corrected chi connectivity index (χ0v) is 19.8. The second-order valence-corrected chi connectivity index (χ2v) is 11.3. The Morgan fingerprint density at radius 2 is 1.90 bits per heavy atom. The third kappa shape index (κ3) is 5.02. The average Bonchev–Trinajstić information content (AvgIpc) is 3.02. The summed E-state index contributed by atoms with van der Waals surface area (Å²) in [5.74, 6) is 2.20. The van der Waals surface area contributed by atoms with Crippen molar-refractivity contribution in [2.45, 2.75) is 104 Å². The molecule has 0 amide bonds. The van der Waals surface area contributed by atoms with E-state index < -0.39 is 11.7 Å². The topological polar surface area (TPSA) is 40.5 Å². The Labute approximate surface area is 184 Å². The van der Waals surface area contributed by atoms with Crippen LogP contribution in [0.1, 0.15) is 91.9 Å². The Bertz CT molecular complexity index is 719. The maximum atomic E-state index is 10.3. The van der Waals surface area contributed by atoms with Gasteiger partial charge in [-0.25, -0.2) is 0 Å². The molecule has 0 heterocycles. The highest BCUT2D eigenvalue weighted by molar-refractivity contribution is 5.43. The van der Waals surface area contributed by atoms with Gasteiger partial charge < -0.3 is 10.2 Å². The van der Waals surface area contributed by atoms with Crippen molar-refractivity contribution >= 4 is 0 Å². The van der Waals surface area contributed by atoms with E-state index in [1.54, 1.807) is 5.57 Å². The summed E-state index contributed by atoms with van der Waals surface area (Å²) in [7, 11) is 0. The van der Waals surface area contributed by atoms with E-state index in [0.717, 1.165) is 48.7 Å². The fraction of sp³-hybridized carbons (Fsp3) is 0.714. The van der Waals surface area contributed by atoms with Crippen LogP contribution in [0.25, 0.3) is 0 Å². The van der Waals surface area contributed by atoms with Crippen molar-refractivity contribution in [3.8, 4) is 0 Å². The smallest absolute Gasteiger partial charge is 0.0995 e. The summed E-state index contributed by atoms with van der Waals surface area (Å²) in [6.45, 7) is 16.9. The molecule has 3 aliphatic rings. The molecule has 168 valence electrons. The molecular formula is C28H44O2. The molecule has 2 N–H and O–H groups in total. The number of hydrogen-bond donors (Lipinski definition) is 2. The Morgan fingerprint density at radius 3 is 2.60 bits per heavy atom. The fourth-order valence-corrected chi connectivity index (χ4v) is 6.68. The minimum absolute atomic E-state index is 0.411. The van der Waals surface area contributed by atoms with Gasteiger partial charge in [-0.2, -0.15) is 0 Å². The molecule has 0 aromatic heterocycles. The molecule has 2 nitrogen and oxygen atoms in total. The Morgan fingerprint density at radius 1 is 1.17 bits per heavy atom. The molecular weight excluding hydrogens is 368 g/mol. The minimum atomic E-state index is -0.569. The van der Waals surface area contributed by atoms with E-state index in [2.05, 4.69) is 39.2 Å². The summed E-state index contributed by atoms with van der Waals surface area (Å²) in [6.07, 6.45) is 15.6. The lowest BCUT2D eigenvalue weighted by molar-refractivity contribution is 0.0597. The number of fused-ring (bicyclic) bond motifs is 1. The van der Waals surface area contributed by atoms with Gasteiger partial charge in [0.05, 0.1) is 11.7 Å². The summed E-state index contributed by atoms with van der Waals surface area (Å²) < 4.78 is 0. The van der Waals surface area contributed by atoms with Crippen molar-refractivity contribution in [3.63, 3.8) is 0 Å². The van der Waals surface area contributed by atoms with Gasteiger partial charge in [0.15, 0.2) is 0 Å². The van der Waals surface area contributed by atoms with Crippen LogP contribution in [-0.4, -0.2) is 21.9 Å². The number of allylic oxidation sites excluding steroid dienone is 3. The van der Waals surface area contributed by atoms with Crippen LogP contribution < -0.4 is 0 Å². The van der Waals surface area contributed by atoms with Crippen LogP contribution in [0, 0.1) is 23.2 Å². The quantitative estimate of drug-likeness (QED) is 0.466. The number of aliphatic hydroxyl groups is 2. The third-order valence-corrected chi connectivity index (χ3v) is 8.52. The van der Waals surface area contributed by atoms with E-state index in [-0.39, 0.29) is 0 Å². The van der Waals surface area contributed by atoms with Gasteiger partial charge in [-0.05, 0) is 105 Å². The molecule has 2 heteroatoms. The van der Waals surface area contributed by atoms with Crippen LogP contribution in [0.3, 0.4) is 0 Å². The molecule has 0 aliphatic heterocycles. The van der Waals surface area contributed by atoms with Gasteiger partial charge in [0.2, 0.25) is 0 Å². The van der Waals surface area contributed by atoms with Gasteiger partial charge in [-0.1, -0.05) is 57.6 Å². The van der Waals surface area contributed by atoms with Crippen LogP contribution in [0.5, 0.6) is 0 Å². The standard InChI is InChI=1S/C28H44O2/c1-19(9-7-17-27(4,5)30)24-15-16-25-23(10-8-18-28(24,25)6)14-13-22-12-11-20(2)26(29)21(22)3/h13-14,19,24-26,29-30H,2-3,7-12,15-18H2,1,4-6H3/t19-,24-,25+,26+,28-/m1/s1. The molecule has 5 atom stereocenters. The van der Waals surface area contributed by atoms with Crippen molar-refractivity contribution in [2.75, 3.05) is 0 Å². The molecule has 0 aromatic carbocycles. The maximum Gasteiger partial charge on any atom is 0.0995 e. The molecule has 0 saturated heterocycles. The third-order valence-electron chi connectivity index (χ3n) is 8.52. The van der Waals surface area contributed by atoms with Crippen LogP contribution in [0.2, 0.25) is 0 Å². The molecule has 3 fully saturated rings. The Kier molecular flexibility index (Phi) is 7.19. The molecule has 30 heavy (non-hydrogen) atoms. The number of rotatable bonds is 6. The van der Waals surface area contributed by atoms with Gasteiger partial charge >= 0.3 is 0 Å². The first-order chi connectivity index (χ1) is 14.0. The maximum absolute atomic E-state index is 10.3. The van der Waals surface area contributed by atoms with Crippen molar-refractivity contribution in [3.05, 3.63) is 47.6 Å². The fourth-order valence-electron chi connectivity index (χ4n) is 6.68. The van der Waals surface area contributed by atoms with Crippen molar-refractivity contribution in [1.29, 1.82) is 0 Å². The highest BCUT2D eigenvalue weighted by Crippen LogP contribution is 2.60. The van der Waals surface area contributed by atoms with Crippen molar-refractivity contribution in [1.82, 2.24) is 0 Å². The summed E-state index contributed by atoms with van der Waals surface area (Å²) in [6, 6.07) is 0. The average molecular weight is 413 g/mol.